The topological polar surface area (TPSA) is 76.8 Å². The number of anilines is 1. The van der Waals surface area contributed by atoms with E-state index in [1.165, 1.54) is 0 Å². The summed E-state index contributed by atoms with van der Waals surface area (Å²) in [6.07, 6.45) is 3.55. The number of benzene rings is 2. The molecular weight excluding hydrogens is 276 g/mol. The lowest BCUT2D eigenvalue weighted by molar-refractivity contribution is 0.415. The van der Waals surface area contributed by atoms with E-state index in [-0.39, 0.29) is 0 Å². The van der Waals surface area contributed by atoms with Crippen molar-refractivity contribution in [2.45, 2.75) is 0 Å². The molecule has 0 unspecified atom stereocenters. The summed E-state index contributed by atoms with van der Waals surface area (Å²) in [5.41, 5.74) is 8.85. The van der Waals surface area contributed by atoms with Crippen LogP contribution in [0.5, 0.6) is 5.75 Å². The quantitative estimate of drug-likeness (QED) is 0.593. The van der Waals surface area contributed by atoms with Gasteiger partial charge in [-0.15, -0.1) is 0 Å². The van der Waals surface area contributed by atoms with E-state index in [1.807, 2.05) is 24.4 Å². The second-order valence-corrected chi connectivity index (χ2v) is 5.15. The standard InChI is InChI=1S/C17H14N4O/c1-22-13-5-4-10-6-12(3-2-11(10)7-13)14-8-19-9-15-16(14)17(18)21-20-15/h2-9H,1H3,(H3,18,20,21). The number of ether oxygens (including phenoxy) is 1. The van der Waals surface area contributed by atoms with Crippen molar-refractivity contribution in [3.05, 3.63) is 48.8 Å². The highest BCUT2D eigenvalue weighted by Crippen LogP contribution is 2.32. The third-order valence-electron chi connectivity index (χ3n) is 3.86. The highest BCUT2D eigenvalue weighted by Gasteiger charge is 2.10. The van der Waals surface area contributed by atoms with Crippen LogP contribution in [0.3, 0.4) is 0 Å². The Balaban J connectivity index is 1.94. The maximum atomic E-state index is 5.98. The van der Waals surface area contributed by atoms with Crippen LogP contribution in [0.15, 0.2) is 48.8 Å². The Morgan fingerprint density at radius 1 is 1.05 bits per heavy atom. The summed E-state index contributed by atoms with van der Waals surface area (Å²) in [6, 6.07) is 12.3. The first-order valence-corrected chi connectivity index (χ1v) is 6.92. The number of H-pyrrole nitrogens is 1. The molecule has 0 saturated heterocycles. The molecule has 0 aliphatic heterocycles. The van der Waals surface area contributed by atoms with Gasteiger partial charge in [-0.1, -0.05) is 18.2 Å². The molecule has 2 heterocycles. The molecule has 0 saturated carbocycles. The Morgan fingerprint density at radius 3 is 2.73 bits per heavy atom. The summed E-state index contributed by atoms with van der Waals surface area (Å²) >= 11 is 0. The summed E-state index contributed by atoms with van der Waals surface area (Å²) in [5, 5.41) is 10.1. The van der Waals surface area contributed by atoms with E-state index in [0.717, 1.165) is 38.6 Å². The molecule has 108 valence electrons. The Labute approximate surface area is 126 Å². The second-order valence-electron chi connectivity index (χ2n) is 5.15. The number of aromatic nitrogens is 3. The average Bonchev–Trinajstić information content (AvgIpc) is 2.95. The first-order valence-electron chi connectivity index (χ1n) is 6.92. The maximum Gasteiger partial charge on any atom is 0.153 e. The zero-order valence-electron chi connectivity index (χ0n) is 12.0. The summed E-state index contributed by atoms with van der Waals surface area (Å²) < 4.78 is 5.26. The van der Waals surface area contributed by atoms with Crippen LogP contribution in [0, 0.1) is 0 Å². The predicted molar refractivity (Wildman–Crippen MR) is 87.8 cm³/mol. The van der Waals surface area contributed by atoms with E-state index in [9.17, 15) is 0 Å². The number of fused-ring (bicyclic) bond motifs is 2. The van der Waals surface area contributed by atoms with Gasteiger partial charge >= 0.3 is 0 Å². The van der Waals surface area contributed by atoms with Crippen molar-refractivity contribution in [3.63, 3.8) is 0 Å². The van der Waals surface area contributed by atoms with Crippen molar-refractivity contribution in [1.82, 2.24) is 15.2 Å². The molecule has 0 atom stereocenters. The van der Waals surface area contributed by atoms with Gasteiger partial charge in [0.15, 0.2) is 5.82 Å². The third-order valence-corrected chi connectivity index (χ3v) is 3.86. The van der Waals surface area contributed by atoms with Crippen LogP contribution in [0.2, 0.25) is 0 Å². The van der Waals surface area contributed by atoms with E-state index in [0.29, 0.717) is 5.82 Å². The Hall–Kier alpha value is -3.08. The van der Waals surface area contributed by atoms with E-state index >= 15 is 0 Å². The number of nitrogens with one attached hydrogen (secondary N) is 1. The number of aromatic amines is 1. The van der Waals surface area contributed by atoms with Gasteiger partial charge in [-0.05, 0) is 34.5 Å². The minimum atomic E-state index is 0.488. The fraction of sp³-hybridized carbons (Fsp3) is 0.0588. The zero-order chi connectivity index (χ0) is 15.1. The molecule has 0 aliphatic rings. The van der Waals surface area contributed by atoms with Crippen molar-refractivity contribution in [2.24, 2.45) is 0 Å². The SMILES string of the molecule is COc1ccc2cc(-c3cncc4[nH]nc(N)c34)ccc2c1. The molecule has 4 rings (SSSR count). The van der Waals surface area contributed by atoms with Gasteiger partial charge in [0.05, 0.1) is 24.2 Å². The van der Waals surface area contributed by atoms with Gasteiger partial charge in [-0.2, -0.15) is 5.10 Å². The molecule has 2 aromatic carbocycles. The second kappa shape index (κ2) is 4.73. The van der Waals surface area contributed by atoms with E-state index in [1.54, 1.807) is 13.3 Å². The van der Waals surface area contributed by atoms with Crippen molar-refractivity contribution >= 4 is 27.5 Å². The third kappa shape index (κ3) is 1.87. The van der Waals surface area contributed by atoms with Gasteiger partial charge in [0.1, 0.15) is 5.75 Å². The molecule has 0 fully saturated rings. The lowest BCUT2D eigenvalue weighted by atomic mass is 10.00. The summed E-state index contributed by atoms with van der Waals surface area (Å²) in [6.45, 7) is 0. The molecule has 2 aromatic heterocycles. The minimum Gasteiger partial charge on any atom is -0.497 e. The molecule has 22 heavy (non-hydrogen) atoms. The number of nitrogens with two attached hydrogens (primary N) is 1. The number of hydrogen-bond acceptors (Lipinski definition) is 4. The monoisotopic (exact) mass is 290 g/mol. The van der Waals surface area contributed by atoms with Crippen LogP contribution < -0.4 is 10.5 Å². The molecule has 5 nitrogen and oxygen atoms in total. The van der Waals surface area contributed by atoms with Crippen LogP contribution in [0.1, 0.15) is 0 Å². The van der Waals surface area contributed by atoms with E-state index < -0.39 is 0 Å². The highest BCUT2D eigenvalue weighted by atomic mass is 16.5. The summed E-state index contributed by atoms with van der Waals surface area (Å²) in [5.74, 6) is 1.34. The molecule has 5 heteroatoms. The molecule has 4 aromatic rings. The Kier molecular flexibility index (Phi) is 2.72. The lowest BCUT2D eigenvalue weighted by Gasteiger charge is -2.07. The van der Waals surface area contributed by atoms with Crippen molar-refractivity contribution in [2.75, 3.05) is 12.8 Å². The lowest BCUT2D eigenvalue weighted by Crippen LogP contribution is -1.88. The van der Waals surface area contributed by atoms with Crippen molar-refractivity contribution in [3.8, 4) is 16.9 Å². The van der Waals surface area contributed by atoms with Crippen LogP contribution in [0.4, 0.5) is 5.82 Å². The summed E-state index contributed by atoms with van der Waals surface area (Å²) in [7, 11) is 1.67. The molecule has 3 N–H and O–H groups in total. The fourth-order valence-corrected chi connectivity index (χ4v) is 2.73. The van der Waals surface area contributed by atoms with Crippen LogP contribution >= 0.6 is 0 Å². The van der Waals surface area contributed by atoms with Gasteiger partial charge in [0, 0.05) is 11.8 Å². The van der Waals surface area contributed by atoms with E-state index in [4.69, 9.17) is 10.5 Å². The average molecular weight is 290 g/mol. The van der Waals surface area contributed by atoms with Gasteiger partial charge in [0.2, 0.25) is 0 Å². The molecule has 0 spiro atoms. The molecule has 0 amide bonds. The predicted octanol–water partition coefficient (Wildman–Crippen LogP) is 3.37. The maximum absolute atomic E-state index is 5.98. The molecule has 0 radical (unpaired) electrons. The number of methoxy groups -OCH3 is 1. The largest absolute Gasteiger partial charge is 0.497 e. The molecular formula is C17H14N4O. The molecule has 0 aliphatic carbocycles. The number of nitrogens with zero attached hydrogens (tertiary/aromatic N) is 2. The van der Waals surface area contributed by atoms with Gasteiger partial charge in [-0.3, -0.25) is 10.1 Å². The van der Waals surface area contributed by atoms with Gasteiger partial charge in [0.25, 0.3) is 0 Å². The fourth-order valence-electron chi connectivity index (χ4n) is 2.73. The van der Waals surface area contributed by atoms with Crippen LogP contribution in [-0.2, 0) is 0 Å². The number of hydrogen-bond donors (Lipinski definition) is 2. The molecule has 0 bridgehead atoms. The van der Waals surface area contributed by atoms with E-state index in [2.05, 4.69) is 33.4 Å². The smallest absolute Gasteiger partial charge is 0.153 e. The minimum absolute atomic E-state index is 0.488. The van der Waals surface area contributed by atoms with Gasteiger partial charge in [-0.25, -0.2) is 0 Å². The number of nitrogen functional groups attached to an aromatic ring is 1. The van der Waals surface area contributed by atoms with Crippen LogP contribution in [-0.4, -0.2) is 22.3 Å². The van der Waals surface area contributed by atoms with Crippen molar-refractivity contribution < 1.29 is 4.74 Å². The number of rotatable bonds is 2. The Morgan fingerprint density at radius 2 is 1.86 bits per heavy atom. The van der Waals surface area contributed by atoms with Gasteiger partial charge < -0.3 is 10.5 Å². The first-order chi connectivity index (χ1) is 10.8. The Bertz CT molecular complexity index is 990. The summed E-state index contributed by atoms with van der Waals surface area (Å²) in [4.78, 5) is 4.26. The van der Waals surface area contributed by atoms with Crippen LogP contribution in [0.25, 0.3) is 32.8 Å². The zero-order valence-corrected chi connectivity index (χ0v) is 12.0. The number of pyridine rings is 1. The normalized spacial score (nSPS) is 11.1. The van der Waals surface area contributed by atoms with Crippen molar-refractivity contribution in [1.29, 1.82) is 0 Å². The highest BCUT2D eigenvalue weighted by molar-refractivity contribution is 6.02. The first kappa shape index (κ1) is 12.6.